The number of hydrogen-bond acceptors (Lipinski definition) is 4. The van der Waals surface area contributed by atoms with Gasteiger partial charge in [0.2, 0.25) is 5.28 Å². The van der Waals surface area contributed by atoms with Gasteiger partial charge in [-0.25, -0.2) is 4.98 Å². The van der Waals surface area contributed by atoms with Gasteiger partial charge in [-0.15, -0.1) is 0 Å². The maximum absolute atomic E-state index is 5.91. The molecule has 16 heavy (non-hydrogen) atoms. The molecule has 0 atom stereocenters. The van der Waals surface area contributed by atoms with Crippen molar-refractivity contribution in [2.45, 2.75) is 38.6 Å². The maximum atomic E-state index is 5.91. The number of nitrogens with two attached hydrogens (primary N) is 1. The van der Waals surface area contributed by atoms with Crippen molar-refractivity contribution in [3.63, 3.8) is 0 Å². The van der Waals surface area contributed by atoms with Gasteiger partial charge in [0.1, 0.15) is 0 Å². The van der Waals surface area contributed by atoms with Gasteiger partial charge in [0.15, 0.2) is 5.82 Å². The lowest BCUT2D eigenvalue weighted by molar-refractivity contribution is 0.613. The zero-order chi connectivity index (χ0) is 11.5. The molecule has 1 aliphatic carbocycles. The lowest BCUT2D eigenvalue weighted by Crippen LogP contribution is -2.34. The van der Waals surface area contributed by atoms with E-state index in [1.165, 1.54) is 25.7 Å². The van der Waals surface area contributed by atoms with E-state index in [0.717, 1.165) is 12.4 Å². The third kappa shape index (κ3) is 2.21. The quantitative estimate of drug-likeness (QED) is 0.825. The van der Waals surface area contributed by atoms with Crippen LogP contribution in [0.1, 0.15) is 32.6 Å². The molecule has 1 heterocycles. The van der Waals surface area contributed by atoms with Crippen molar-refractivity contribution in [2.75, 3.05) is 17.2 Å². The summed E-state index contributed by atoms with van der Waals surface area (Å²) in [6.07, 6.45) is 6.60. The van der Waals surface area contributed by atoms with Crippen LogP contribution in [0, 0.1) is 0 Å². The molecular formula is C11H17ClN4. The molecule has 4 nitrogen and oxygen atoms in total. The second-order valence-electron chi connectivity index (χ2n) is 4.14. The van der Waals surface area contributed by atoms with Crippen LogP contribution in [-0.2, 0) is 0 Å². The fourth-order valence-electron chi connectivity index (χ4n) is 2.39. The SMILES string of the molecule is CCN(c1nc(Cl)ncc1N)C1CCCC1. The summed E-state index contributed by atoms with van der Waals surface area (Å²) in [5, 5.41) is 0.264. The van der Waals surface area contributed by atoms with Crippen LogP contribution < -0.4 is 10.6 Å². The van der Waals surface area contributed by atoms with Gasteiger partial charge in [-0.05, 0) is 31.4 Å². The molecule has 0 aliphatic heterocycles. The Labute approximate surface area is 101 Å². The van der Waals surface area contributed by atoms with Crippen LogP contribution in [0.5, 0.6) is 0 Å². The molecule has 1 aromatic heterocycles. The van der Waals surface area contributed by atoms with Crippen LogP contribution in [-0.4, -0.2) is 22.6 Å². The zero-order valence-corrected chi connectivity index (χ0v) is 10.2. The predicted molar refractivity (Wildman–Crippen MR) is 66.7 cm³/mol. The van der Waals surface area contributed by atoms with Crippen LogP contribution in [0.4, 0.5) is 11.5 Å². The molecule has 0 radical (unpaired) electrons. The summed E-state index contributed by atoms with van der Waals surface area (Å²) in [7, 11) is 0. The number of anilines is 2. The number of rotatable bonds is 3. The second kappa shape index (κ2) is 4.87. The molecule has 88 valence electrons. The maximum Gasteiger partial charge on any atom is 0.224 e. The molecule has 1 aromatic rings. The first kappa shape index (κ1) is 11.5. The van der Waals surface area contributed by atoms with Crippen molar-refractivity contribution in [2.24, 2.45) is 0 Å². The van der Waals surface area contributed by atoms with Gasteiger partial charge in [0.05, 0.1) is 11.9 Å². The van der Waals surface area contributed by atoms with E-state index in [0.29, 0.717) is 11.7 Å². The van der Waals surface area contributed by atoms with Crippen LogP contribution in [0.25, 0.3) is 0 Å². The standard InChI is InChI=1S/C11H17ClN4/c1-2-16(8-5-3-4-6-8)10-9(13)7-14-11(12)15-10/h7-8H,2-6,13H2,1H3. The second-order valence-corrected chi connectivity index (χ2v) is 4.48. The zero-order valence-electron chi connectivity index (χ0n) is 9.49. The molecular weight excluding hydrogens is 224 g/mol. The van der Waals surface area contributed by atoms with Gasteiger partial charge in [0, 0.05) is 12.6 Å². The lowest BCUT2D eigenvalue weighted by Gasteiger charge is -2.29. The van der Waals surface area contributed by atoms with Gasteiger partial charge in [-0.1, -0.05) is 12.8 Å². The summed E-state index contributed by atoms with van der Waals surface area (Å²) in [4.78, 5) is 10.4. The molecule has 2 N–H and O–H groups in total. The fourth-order valence-corrected chi connectivity index (χ4v) is 2.52. The molecule has 0 bridgehead atoms. The van der Waals surface area contributed by atoms with Crippen molar-refractivity contribution in [3.05, 3.63) is 11.5 Å². The van der Waals surface area contributed by atoms with E-state index >= 15 is 0 Å². The van der Waals surface area contributed by atoms with E-state index in [4.69, 9.17) is 17.3 Å². The molecule has 0 spiro atoms. The van der Waals surface area contributed by atoms with Crippen LogP contribution in [0.2, 0.25) is 5.28 Å². The molecule has 1 fully saturated rings. The van der Waals surface area contributed by atoms with E-state index in [9.17, 15) is 0 Å². The minimum Gasteiger partial charge on any atom is -0.394 e. The Hall–Kier alpha value is -1.03. The minimum absolute atomic E-state index is 0.264. The van der Waals surface area contributed by atoms with Crippen molar-refractivity contribution in [1.29, 1.82) is 0 Å². The van der Waals surface area contributed by atoms with E-state index in [1.54, 1.807) is 6.20 Å². The number of nitrogen functional groups attached to an aromatic ring is 1. The highest BCUT2D eigenvalue weighted by atomic mass is 35.5. The summed E-state index contributed by atoms with van der Waals surface area (Å²) in [6, 6.07) is 0.554. The molecule has 1 saturated carbocycles. The van der Waals surface area contributed by atoms with Gasteiger partial charge >= 0.3 is 0 Å². The third-order valence-electron chi connectivity index (χ3n) is 3.14. The van der Waals surface area contributed by atoms with Crippen molar-refractivity contribution in [3.8, 4) is 0 Å². The summed E-state index contributed by atoms with van der Waals surface area (Å²) in [5.41, 5.74) is 6.52. The Morgan fingerprint density at radius 1 is 1.50 bits per heavy atom. The Morgan fingerprint density at radius 2 is 2.19 bits per heavy atom. The molecule has 2 rings (SSSR count). The lowest BCUT2D eigenvalue weighted by atomic mass is 10.2. The Kier molecular flexibility index (Phi) is 3.49. The Balaban J connectivity index is 2.28. The first-order valence-corrected chi connectivity index (χ1v) is 6.14. The van der Waals surface area contributed by atoms with E-state index < -0.39 is 0 Å². The number of aromatic nitrogens is 2. The van der Waals surface area contributed by atoms with Gasteiger partial charge < -0.3 is 10.6 Å². The first-order chi connectivity index (χ1) is 7.72. The Morgan fingerprint density at radius 3 is 2.81 bits per heavy atom. The summed E-state index contributed by atoms with van der Waals surface area (Å²) >= 11 is 5.82. The number of nitrogens with zero attached hydrogens (tertiary/aromatic N) is 3. The van der Waals surface area contributed by atoms with Gasteiger partial charge in [0.25, 0.3) is 0 Å². The van der Waals surface area contributed by atoms with Gasteiger partial charge in [-0.3, -0.25) is 0 Å². The van der Waals surface area contributed by atoms with Crippen molar-refractivity contribution >= 4 is 23.1 Å². The summed E-state index contributed by atoms with van der Waals surface area (Å²) in [6.45, 7) is 3.02. The smallest absolute Gasteiger partial charge is 0.224 e. The molecule has 0 saturated heterocycles. The molecule has 0 aromatic carbocycles. The van der Waals surface area contributed by atoms with Crippen LogP contribution in [0.15, 0.2) is 6.20 Å². The third-order valence-corrected chi connectivity index (χ3v) is 3.33. The van der Waals surface area contributed by atoms with E-state index in [1.807, 2.05) is 0 Å². The average Bonchev–Trinajstić information content (AvgIpc) is 2.78. The van der Waals surface area contributed by atoms with Gasteiger partial charge in [-0.2, -0.15) is 4.98 Å². The first-order valence-electron chi connectivity index (χ1n) is 5.77. The van der Waals surface area contributed by atoms with Crippen LogP contribution >= 0.6 is 11.6 Å². The normalized spacial score (nSPS) is 16.6. The molecule has 0 unspecified atom stereocenters. The molecule has 5 heteroatoms. The summed E-state index contributed by atoms with van der Waals surface area (Å²) < 4.78 is 0. The molecule has 0 amide bonds. The topological polar surface area (TPSA) is 55.0 Å². The highest BCUT2D eigenvalue weighted by molar-refractivity contribution is 6.28. The predicted octanol–water partition coefficient (Wildman–Crippen LogP) is 2.48. The minimum atomic E-state index is 0.264. The van der Waals surface area contributed by atoms with E-state index in [-0.39, 0.29) is 5.28 Å². The number of hydrogen-bond donors (Lipinski definition) is 1. The van der Waals surface area contributed by atoms with Crippen molar-refractivity contribution < 1.29 is 0 Å². The Bertz CT molecular complexity index is 363. The summed E-state index contributed by atoms with van der Waals surface area (Å²) in [5.74, 6) is 0.786. The average molecular weight is 241 g/mol. The monoisotopic (exact) mass is 240 g/mol. The number of halogens is 1. The fraction of sp³-hybridized carbons (Fsp3) is 0.636. The highest BCUT2D eigenvalue weighted by Crippen LogP contribution is 2.30. The molecule has 1 aliphatic rings. The van der Waals surface area contributed by atoms with Crippen LogP contribution in [0.3, 0.4) is 0 Å². The largest absolute Gasteiger partial charge is 0.394 e. The highest BCUT2D eigenvalue weighted by Gasteiger charge is 2.24. The van der Waals surface area contributed by atoms with E-state index in [2.05, 4.69) is 21.8 Å². The van der Waals surface area contributed by atoms with Crippen molar-refractivity contribution in [1.82, 2.24) is 9.97 Å².